The summed E-state index contributed by atoms with van der Waals surface area (Å²) in [6.45, 7) is 13.4. The molecule has 0 aromatic rings. The summed E-state index contributed by atoms with van der Waals surface area (Å²) in [5.74, 6) is 0. The molecule has 0 N–H and O–H groups in total. The molecule has 1 rings (SSSR count). The van der Waals surface area contributed by atoms with E-state index in [2.05, 4.69) is 27.7 Å². The molecule has 0 aliphatic heterocycles. The molecule has 1 saturated carbocycles. The van der Waals surface area contributed by atoms with Gasteiger partial charge in [0.15, 0.2) is 0 Å². The smallest absolute Gasteiger partial charge is 0.0293 e. The van der Waals surface area contributed by atoms with Gasteiger partial charge in [-0.15, -0.1) is 0 Å². The van der Waals surface area contributed by atoms with E-state index < -0.39 is 0 Å². The predicted molar refractivity (Wildman–Crippen MR) is 57.4 cm³/mol. The lowest BCUT2D eigenvalue weighted by Crippen LogP contribution is -2.41. The molecular formula is C12H26. The summed E-state index contributed by atoms with van der Waals surface area (Å²) in [7, 11) is 0. The molecule has 0 aromatic heterocycles. The molecule has 12 heavy (non-hydrogen) atoms. The largest absolute Gasteiger partial charge is 0.0683 e. The fourth-order valence-electron chi connectivity index (χ4n) is 2.73. The summed E-state index contributed by atoms with van der Waals surface area (Å²) in [6, 6.07) is 0. The maximum absolute atomic E-state index is 2.39. The first-order chi connectivity index (χ1) is 5.54. The van der Waals surface area contributed by atoms with Crippen LogP contribution in [-0.4, -0.2) is 0 Å². The van der Waals surface area contributed by atoms with Crippen molar-refractivity contribution in [3.05, 3.63) is 0 Å². The van der Waals surface area contributed by atoms with Crippen LogP contribution in [-0.2, 0) is 0 Å². The van der Waals surface area contributed by atoms with Crippen LogP contribution in [0.2, 0.25) is 0 Å². The van der Waals surface area contributed by atoms with Gasteiger partial charge in [0.1, 0.15) is 0 Å². The minimum Gasteiger partial charge on any atom is -0.0683 e. The Bertz CT molecular complexity index is 108. The average molecular weight is 170 g/mol. The summed E-state index contributed by atoms with van der Waals surface area (Å²) in [4.78, 5) is 0. The van der Waals surface area contributed by atoms with Gasteiger partial charge in [0.2, 0.25) is 0 Å². The van der Waals surface area contributed by atoms with Gasteiger partial charge < -0.3 is 0 Å². The molecule has 0 heterocycles. The van der Waals surface area contributed by atoms with E-state index in [0.29, 0.717) is 5.41 Å². The molecule has 1 fully saturated rings. The van der Waals surface area contributed by atoms with E-state index in [0.717, 1.165) is 5.41 Å². The Morgan fingerprint density at radius 3 is 1.33 bits per heavy atom. The van der Waals surface area contributed by atoms with E-state index in [9.17, 15) is 0 Å². The molecule has 0 heteroatoms. The molecule has 1 aliphatic rings. The summed E-state index contributed by atoms with van der Waals surface area (Å²) in [5.41, 5.74) is 1.40. The third-order valence-corrected chi connectivity index (χ3v) is 3.21. The third kappa shape index (κ3) is 2.50. The average Bonchev–Trinajstić information content (AvgIpc) is 2.03. The normalized spacial score (nSPS) is 23.5. The molecule has 0 nitrogen and oxygen atoms in total. The fraction of sp³-hybridized carbons (Fsp3) is 1.00. The highest BCUT2D eigenvalue weighted by molar-refractivity contribution is 4.96. The first-order valence-electron chi connectivity index (χ1n) is 5.54. The lowest BCUT2D eigenvalue weighted by Gasteiger charge is -2.53. The van der Waals surface area contributed by atoms with Crippen LogP contribution in [0.1, 0.15) is 67.2 Å². The molecular weight excluding hydrogens is 144 g/mol. The molecule has 0 spiro atoms. The highest BCUT2D eigenvalue weighted by Gasteiger charge is 2.45. The van der Waals surface area contributed by atoms with Crippen molar-refractivity contribution in [2.75, 3.05) is 0 Å². The molecule has 0 atom stereocenters. The zero-order chi connectivity index (χ0) is 9.83. The molecule has 0 aromatic carbocycles. The molecule has 1 aliphatic carbocycles. The van der Waals surface area contributed by atoms with Crippen LogP contribution in [0.5, 0.6) is 0 Å². The van der Waals surface area contributed by atoms with Gasteiger partial charge in [-0.05, 0) is 23.7 Å². The number of hydrogen-bond acceptors (Lipinski definition) is 0. The van der Waals surface area contributed by atoms with Crippen molar-refractivity contribution in [1.29, 1.82) is 0 Å². The topological polar surface area (TPSA) is 0 Å². The van der Waals surface area contributed by atoms with Crippen LogP contribution in [0.4, 0.5) is 0 Å². The van der Waals surface area contributed by atoms with Gasteiger partial charge in [0.25, 0.3) is 0 Å². The first kappa shape index (κ1) is 12.0. The molecule has 0 saturated heterocycles. The number of hydrogen-bond donors (Lipinski definition) is 0. The molecule has 0 unspecified atom stereocenters. The van der Waals surface area contributed by atoms with E-state index >= 15 is 0 Å². The summed E-state index contributed by atoms with van der Waals surface area (Å²) in [6.07, 6.45) is 5.67. The summed E-state index contributed by atoms with van der Waals surface area (Å²) >= 11 is 0. The Kier molecular flexibility index (Phi) is 4.30. The minimum atomic E-state index is 0.659. The van der Waals surface area contributed by atoms with E-state index in [1.807, 2.05) is 13.8 Å². The molecule has 0 radical (unpaired) electrons. The second-order valence-corrected chi connectivity index (χ2v) is 4.72. The Morgan fingerprint density at radius 1 is 0.917 bits per heavy atom. The lowest BCUT2D eigenvalue weighted by atomic mass is 9.52. The van der Waals surface area contributed by atoms with Gasteiger partial charge in [0.05, 0.1) is 0 Å². The minimum absolute atomic E-state index is 0.659. The molecule has 74 valence electrons. The maximum atomic E-state index is 2.39. The Balaban J connectivity index is 0.000000561. The first-order valence-corrected chi connectivity index (χ1v) is 5.54. The van der Waals surface area contributed by atoms with Crippen molar-refractivity contribution in [1.82, 2.24) is 0 Å². The Morgan fingerprint density at radius 2 is 1.25 bits per heavy atom. The summed E-state index contributed by atoms with van der Waals surface area (Å²) in [5, 5.41) is 0. The van der Waals surface area contributed by atoms with Gasteiger partial charge in [-0.2, -0.15) is 0 Å². The lowest BCUT2D eigenvalue weighted by molar-refractivity contribution is -0.0195. The maximum Gasteiger partial charge on any atom is -0.0293 e. The van der Waals surface area contributed by atoms with Gasteiger partial charge in [-0.1, -0.05) is 54.4 Å². The fourth-order valence-corrected chi connectivity index (χ4v) is 2.73. The van der Waals surface area contributed by atoms with Crippen molar-refractivity contribution in [2.45, 2.75) is 67.2 Å². The quantitative estimate of drug-likeness (QED) is 0.566. The van der Waals surface area contributed by atoms with Gasteiger partial charge in [-0.3, -0.25) is 0 Å². The second-order valence-electron chi connectivity index (χ2n) is 4.72. The van der Waals surface area contributed by atoms with E-state index in [1.165, 1.54) is 25.7 Å². The second kappa shape index (κ2) is 4.30. The highest BCUT2D eigenvalue weighted by atomic mass is 14.5. The van der Waals surface area contributed by atoms with Gasteiger partial charge in [0, 0.05) is 0 Å². The van der Waals surface area contributed by atoms with E-state index in [4.69, 9.17) is 0 Å². The Labute approximate surface area is 78.8 Å². The molecule has 0 amide bonds. The van der Waals surface area contributed by atoms with Gasteiger partial charge >= 0.3 is 0 Å². The van der Waals surface area contributed by atoms with Crippen LogP contribution < -0.4 is 0 Å². The zero-order valence-electron chi connectivity index (χ0n) is 9.83. The van der Waals surface area contributed by atoms with Crippen LogP contribution >= 0.6 is 0 Å². The van der Waals surface area contributed by atoms with Crippen LogP contribution in [0.15, 0.2) is 0 Å². The predicted octanol–water partition coefficient (Wildman–Crippen LogP) is 4.64. The van der Waals surface area contributed by atoms with Crippen LogP contribution in [0.25, 0.3) is 0 Å². The van der Waals surface area contributed by atoms with E-state index in [1.54, 1.807) is 0 Å². The van der Waals surface area contributed by atoms with Crippen molar-refractivity contribution >= 4 is 0 Å². The van der Waals surface area contributed by atoms with Crippen molar-refractivity contribution < 1.29 is 0 Å². The third-order valence-electron chi connectivity index (χ3n) is 3.21. The SMILES string of the molecule is CC.CCC1(CC)CC(C)(C)C1. The van der Waals surface area contributed by atoms with Crippen LogP contribution in [0, 0.1) is 10.8 Å². The van der Waals surface area contributed by atoms with Crippen molar-refractivity contribution in [3.63, 3.8) is 0 Å². The van der Waals surface area contributed by atoms with Crippen LogP contribution in [0.3, 0.4) is 0 Å². The molecule has 0 bridgehead atoms. The standard InChI is InChI=1S/C10H20.C2H6/c1-5-10(6-2)7-9(3,4)8-10;1-2/h5-8H2,1-4H3;1-2H3. The van der Waals surface area contributed by atoms with Gasteiger partial charge in [-0.25, -0.2) is 0 Å². The monoisotopic (exact) mass is 170 g/mol. The number of rotatable bonds is 2. The van der Waals surface area contributed by atoms with Crippen molar-refractivity contribution in [2.24, 2.45) is 10.8 Å². The van der Waals surface area contributed by atoms with Crippen molar-refractivity contribution in [3.8, 4) is 0 Å². The summed E-state index contributed by atoms with van der Waals surface area (Å²) < 4.78 is 0. The van der Waals surface area contributed by atoms with E-state index in [-0.39, 0.29) is 0 Å². The Hall–Kier alpha value is 0. The highest BCUT2D eigenvalue weighted by Crippen LogP contribution is 2.57. The zero-order valence-corrected chi connectivity index (χ0v) is 9.83.